The lowest BCUT2D eigenvalue weighted by molar-refractivity contribution is -0.147. The van der Waals surface area contributed by atoms with Gasteiger partial charge in [0.05, 0.1) is 0 Å². The van der Waals surface area contributed by atoms with E-state index in [-0.39, 0.29) is 12.1 Å². The highest BCUT2D eigenvalue weighted by molar-refractivity contribution is 5.66. The molecule has 0 N–H and O–H groups in total. The Morgan fingerprint density at radius 2 is 1.18 bits per heavy atom. The van der Waals surface area contributed by atoms with Crippen molar-refractivity contribution in [2.75, 3.05) is 0 Å². The van der Waals surface area contributed by atoms with Crippen LogP contribution in [0.1, 0.15) is 117 Å². The highest BCUT2D eigenvalue weighted by atomic mass is 16.5. The van der Waals surface area contributed by atoms with Crippen LogP contribution < -0.4 is 0 Å². The summed E-state index contributed by atoms with van der Waals surface area (Å²) in [5.41, 5.74) is 0. The minimum absolute atomic E-state index is 0.132. The number of carbonyl (C=O) groups is 1. The van der Waals surface area contributed by atoms with E-state index in [0.29, 0.717) is 0 Å². The van der Waals surface area contributed by atoms with Gasteiger partial charge in [-0.05, 0) is 25.7 Å². The summed E-state index contributed by atoms with van der Waals surface area (Å²) in [7, 11) is 0. The maximum absolute atomic E-state index is 10.5. The minimum Gasteiger partial charge on any atom is -0.463 e. The van der Waals surface area contributed by atoms with E-state index in [2.05, 4.69) is 13.8 Å². The Bertz CT molecular complexity index is 222. The number of rotatable bonds is 10. The van der Waals surface area contributed by atoms with Gasteiger partial charge in [-0.1, -0.05) is 84.5 Å². The van der Waals surface area contributed by atoms with Crippen molar-refractivity contribution >= 4 is 5.97 Å². The van der Waals surface area contributed by atoms with Gasteiger partial charge in [0, 0.05) is 6.92 Å². The van der Waals surface area contributed by atoms with Gasteiger partial charge in [-0.25, -0.2) is 0 Å². The zero-order valence-corrected chi connectivity index (χ0v) is 15.5. The Hall–Kier alpha value is -0.530. The zero-order valence-electron chi connectivity index (χ0n) is 15.5. The fraction of sp³-hybridized carbons (Fsp3) is 0.950. The molecule has 0 spiro atoms. The molecule has 22 heavy (non-hydrogen) atoms. The molecule has 1 aliphatic carbocycles. The van der Waals surface area contributed by atoms with Gasteiger partial charge in [0.1, 0.15) is 6.10 Å². The summed E-state index contributed by atoms with van der Waals surface area (Å²) in [5.74, 6) is -0.132. The smallest absolute Gasteiger partial charge is 0.302 e. The van der Waals surface area contributed by atoms with Crippen molar-refractivity contribution in [3.8, 4) is 0 Å². The van der Waals surface area contributed by atoms with E-state index in [1.807, 2.05) is 0 Å². The van der Waals surface area contributed by atoms with Gasteiger partial charge in [0.25, 0.3) is 0 Å². The Labute approximate surface area is 139 Å². The summed E-state index contributed by atoms with van der Waals surface area (Å²) in [5, 5.41) is 0. The number of esters is 1. The molecular weight excluding hydrogens is 272 g/mol. The van der Waals surface area contributed by atoms with Gasteiger partial charge >= 0.3 is 5.97 Å². The standard InChI is InChI=1S/C12H26.C8H14O2/c1-3-5-7-9-11-12-10-8-6-4-2;1-7(9)10-8-5-3-2-4-6-8/h3-12H2,1-2H3;8H,2-6H2,1H3. The van der Waals surface area contributed by atoms with Crippen molar-refractivity contribution in [2.24, 2.45) is 0 Å². The lowest BCUT2D eigenvalue weighted by atomic mass is 9.98. The molecule has 0 aliphatic heterocycles. The summed E-state index contributed by atoms with van der Waals surface area (Å²) >= 11 is 0. The predicted octanol–water partition coefficient (Wildman–Crippen LogP) is 6.81. The Morgan fingerprint density at radius 3 is 1.55 bits per heavy atom. The van der Waals surface area contributed by atoms with Crippen molar-refractivity contribution in [1.29, 1.82) is 0 Å². The van der Waals surface area contributed by atoms with Gasteiger partial charge < -0.3 is 4.74 Å². The number of hydrogen-bond acceptors (Lipinski definition) is 2. The third-order valence-electron chi connectivity index (χ3n) is 4.34. The van der Waals surface area contributed by atoms with Gasteiger partial charge in [0.15, 0.2) is 0 Å². The van der Waals surface area contributed by atoms with Crippen LogP contribution in [0.4, 0.5) is 0 Å². The highest BCUT2D eigenvalue weighted by Crippen LogP contribution is 2.20. The molecule has 2 nitrogen and oxygen atoms in total. The van der Waals surface area contributed by atoms with Crippen molar-refractivity contribution in [1.82, 2.24) is 0 Å². The highest BCUT2D eigenvalue weighted by Gasteiger charge is 2.14. The van der Waals surface area contributed by atoms with Crippen LogP contribution in [0.3, 0.4) is 0 Å². The quantitative estimate of drug-likeness (QED) is 0.327. The van der Waals surface area contributed by atoms with E-state index >= 15 is 0 Å². The first-order chi connectivity index (χ1) is 10.7. The van der Waals surface area contributed by atoms with Crippen LogP contribution in [-0.2, 0) is 9.53 Å². The molecule has 2 heteroatoms. The Kier molecular flexibility index (Phi) is 16.4. The van der Waals surface area contributed by atoms with E-state index in [9.17, 15) is 4.79 Å². The molecule has 1 rings (SSSR count). The molecule has 0 radical (unpaired) electrons. The molecular formula is C20H40O2. The summed E-state index contributed by atoms with van der Waals surface area (Å²) < 4.78 is 5.05. The SMILES string of the molecule is CC(=O)OC1CCCCC1.CCCCCCCCCCCC. The number of hydrogen-bond donors (Lipinski definition) is 0. The molecule has 0 aromatic rings. The number of carbonyl (C=O) groups excluding carboxylic acids is 1. The first-order valence-corrected chi connectivity index (χ1v) is 9.87. The van der Waals surface area contributed by atoms with Crippen molar-refractivity contribution in [2.45, 2.75) is 123 Å². The fourth-order valence-corrected chi connectivity index (χ4v) is 2.98. The average molecular weight is 313 g/mol. The lowest BCUT2D eigenvalue weighted by Crippen LogP contribution is -2.18. The van der Waals surface area contributed by atoms with Gasteiger partial charge in [-0.2, -0.15) is 0 Å². The van der Waals surface area contributed by atoms with E-state index in [1.54, 1.807) is 0 Å². The first kappa shape index (κ1) is 21.5. The van der Waals surface area contributed by atoms with E-state index in [1.165, 1.54) is 90.4 Å². The van der Waals surface area contributed by atoms with E-state index in [0.717, 1.165) is 12.8 Å². The first-order valence-electron chi connectivity index (χ1n) is 9.87. The van der Waals surface area contributed by atoms with Crippen LogP contribution >= 0.6 is 0 Å². The summed E-state index contributed by atoms with van der Waals surface area (Å²) in [6.45, 7) is 6.04. The van der Waals surface area contributed by atoms with Crippen LogP contribution in [0.2, 0.25) is 0 Å². The van der Waals surface area contributed by atoms with Crippen LogP contribution in [-0.4, -0.2) is 12.1 Å². The number of unbranched alkanes of at least 4 members (excludes halogenated alkanes) is 9. The third kappa shape index (κ3) is 15.9. The van der Waals surface area contributed by atoms with E-state index < -0.39 is 0 Å². The van der Waals surface area contributed by atoms with Crippen LogP contribution in [0.25, 0.3) is 0 Å². The molecule has 1 fully saturated rings. The van der Waals surface area contributed by atoms with Crippen molar-refractivity contribution in [3.05, 3.63) is 0 Å². The normalized spacial score (nSPS) is 15.0. The second-order valence-electron chi connectivity index (χ2n) is 6.70. The lowest BCUT2D eigenvalue weighted by Gasteiger charge is -2.20. The number of ether oxygens (including phenoxy) is 1. The minimum atomic E-state index is -0.132. The molecule has 0 aromatic carbocycles. The van der Waals surface area contributed by atoms with Crippen LogP contribution in [0, 0.1) is 0 Å². The molecule has 1 saturated carbocycles. The molecule has 0 heterocycles. The second-order valence-corrected chi connectivity index (χ2v) is 6.70. The van der Waals surface area contributed by atoms with Gasteiger partial charge in [0.2, 0.25) is 0 Å². The molecule has 1 aliphatic rings. The molecule has 0 bridgehead atoms. The van der Waals surface area contributed by atoms with Crippen LogP contribution in [0.5, 0.6) is 0 Å². The topological polar surface area (TPSA) is 26.3 Å². The van der Waals surface area contributed by atoms with Crippen LogP contribution in [0.15, 0.2) is 0 Å². The van der Waals surface area contributed by atoms with E-state index in [4.69, 9.17) is 4.74 Å². The summed E-state index contributed by atoms with van der Waals surface area (Å²) in [6, 6.07) is 0. The second kappa shape index (κ2) is 16.8. The monoisotopic (exact) mass is 312 g/mol. The van der Waals surface area contributed by atoms with Crippen molar-refractivity contribution < 1.29 is 9.53 Å². The van der Waals surface area contributed by atoms with Gasteiger partial charge in [-0.3, -0.25) is 4.79 Å². The molecule has 0 saturated heterocycles. The Balaban J connectivity index is 0.000000406. The predicted molar refractivity (Wildman–Crippen MR) is 96.2 cm³/mol. The molecule has 0 amide bonds. The molecule has 0 unspecified atom stereocenters. The zero-order chi connectivity index (χ0) is 16.5. The summed E-state index contributed by atoms with van der Waals surface area (Å²) in [4.78, 5) is 10.5. The summed E-state index contributed by atoms with van der Waals surface area (Å²) in [6.07, 6.45) is 20.6. The fourth-order valence-electron chi connectivity index (χ4n) is 2.98. The van der Waals surface area contributed by atoms with Crippen molar-refractivity contribution in [3.63, 3.8) is 0 Å². The van der Waals surface area contributed by atoms with Gasteiger partial charge in [-0.15, -0.1) is 0 Å². The molecule has 132 valence electrons. The average Bonchev–Trinajstić information content (AvgIpc) is 2.51. The maximum Gasteiger partial charge on any atom is 0.302 e. The maximum atomic E-state index is 10.5. The largest absolute Gasteiger partial charge is 0.463 e. The third-order valence-corrected chi connectivity index (χ3v) is 4.34. The molecule has 0 aromatic heterocycles. The Morgan fingerprint density at radius 1 is 0.773 bits per heavy atom. The molecule has 0 atom stereocenters.